The van der Waals surface area contributed by atoms with Crippen molar-refractivity contribution >= 4 is 18.3 Å². The molecule has 0 saturated carbocycles. The monoisotopic (exact) mass is 275 g/mol. The second-order valence-electron chi connectivity index (χ2n) is 5.37. The molecule has 0 radical (unpaired) electrons. The van der Waals surface area contributed by atoms with Gasteiger partial charge in [0.2, 0.25) is 5.91 Å². The third kappa shape index (κ3) is 4.41. The Morgan fingerprint density at radius 3 is 2.28 bits per heavy atom. The lowest BCUT2D eigenvalue weighted by molar-refractivity contribution is -0.131. The van der Waals surface area contributed by atoms with E-state index in [1.54, 1.807) is 0 Å². The van der Waals surface area contributed by atoms with Crippen LogP contribution in [0.2, 0.25) is 0 Å². The van der Waals surface area contributed by atoms with Gasteiger partial charge < -0.3 is 15.5 Å². The lowest BCUT2D eigenvalue weighted by Gasteiger charge is -2.32. The van der Waals surface area contributed by atoms with Crippen molar-refractivity contribution in [2.24, 2.45) is 11.7 Å². The molecule has 4 nitrogen and oxygen atoms in total. The quantitative estimate of drug-likeness (QED) is 0.836. The molecule has 0 unspecified atom stereocenters. The number of carbonyl (C=O) groups is 1. The minimum atomic E-state index is 0. The molecule has 5 heteroatoms. The summed E-state index contributed by atoms with van der Waals surface area (Å²) in [5, 5.41) is 0. The van der Waals surface area contributed by atoms with E-state index in [-0.39, 0.29) is 12.4 Å². The molecule has 18 heavy (non-hydrogen) atoms. The van der Waals surface area contributed by atoms with Crippen LogP contribution in [0.3, 0.4) is 0 Å². The van der Waals surface area contributed by atoms with E-state index in [9.17, 15) is 4.79 Å². The van der Waals surface area contributed by atoms with Crippen LogP contribution < -0.4 is 5.73 Å². The van der Waals surface area contributed by atoms with Crippen molar-refractivity contribution in [2.45, 2.75) is 32.1 Å². The van der Waals surface area contributed by atoms with E-state index in [0.717, 1.165) is 45.7 Å². The van der Waals surface area contributed by atoms with Crippen molar-refractivity contribution in [3.63, 3.8) is 0 Å². The first-order valence-corrected chi connectivity index (χ1v) is 7.00. The fourth-order valence-electron chi connectivity index (χ4n) is 2.94. The van der Waals surface area contributed by atoms with Crippen molar-refractivity contribution in [3.8, 4) is 0 Å². The molecule has 0 bridgehead atoms. The molecule has 2 N–H and O–H groups in total. The summed E-state index contributed by atoms with van der Waals surface area (Å²) in [6.45, 7) is 5.98. The number of hydrogen-bond acceptors (Lipinski definition) is 3. The van der Waals surface area contributed by atoms with Gasteiger partial charge in [-0.15, -0.1) is 12.4 Å². The largest absolute Gasteiger partial charge is 0.343 e. The first kappa shape index (κ1) is 15.7. The van der Waals surface area contributed by atoms with Crippen molar-refractivity contribution in [1.29, 1.82) is 0 Å². The molecule has 1 amide bonds. The third-order valence-corrected chi connectivity index (χ3v) is 4.07. The van der Waals surface area contributed by atoms with Gasteiger partial charge in [-0.1, -0.05) is 0 Å². The summed E-state index contributed by atoms with van der Waals surface area (Å²) in [6, 6.07) is 0. The van der Waals surface area contributed by atoms with Crippen LogP contribution in [0.5, 0.6) is 0 Å². The Labute approximate surface area is 116 Å². The molecule has 0 aliphatic carbocycles. The first-order chi connectivity index (χ1) is 8.29. The molecule has 106 valence electrons. The van der Waals surface area contributed by atoms with Crippen LogP contribution in [-0.4, -0.2) is 55.0 Å². The zero-order valence-electron chi connectivity index (χ0n) is 11.1. The van der Waals surface area contributed by atoms with Gasteiger partial charge in [0.1, 0.15) is 0 Å². The molecule has 2 aliphatic heterocycles. The van der Waals surface area contributed by atoms with Gasteiger partial charge in [0.15, 0.2) is 0 Å². The van der Waals surface area contributed by atoms with Gasteiger partial charge >= 0.3 is 0 Å². The van der Waals surface area contributed by atoms with E-state index in [1.807, 2.05) is 4.90 Å². The van der Waals surface area contributed by atoms with Gasteiger partial charge in [0.25, 0.3) is 0 Å². The second kappa shape index (κ2) is 7.97. The van der Waals surface area contributed by atoms with Gasteiger partial charge in [-0.05, 0) is 44.7 Å². The zero-order valence-corrected chi connectivity index (χ0v) is 12.0. The van der Waals surface area contributed by atoms with Crippen LogP contribution in [0, 0.1) is 5.92 Å². The smallest absolute Gasteiger partial charge is 0.222 e. The standard InChI is InChI=1S/C13H25N3O.ClH/c14-5-10-15-8-3-12(4-9-15)11-13(17)16-6-1-2-7-16;/h12H,1-11,14H2;1H. The van der Waals surface area contributed by atoms with E-state index in [2.05, 4.69) is 4.90 Å². The lowest BCUT2D eigenvalue weighted by Crippen LogP contribution is -2.38. The van der Waals surface area contributed by atoms with Crippen LogP contribution in [0.25, 0.3) is 0 Å². The highest BCUT2D eigenvalue weighted by molar-refractivity contribution is 5.85. The van der Waals surface area contributed by atoms with Crippen LogP contribution in [0.1, 0.15) is 32.1 Å². The Balaban J connectivity index is 0.00000162. The maximum Gasteiger partial charge on any atom is 0.222 e. The van der Waals surface area contributed by atoms with E-state index >= 15 is 0 Å². The number of piperidine rings is 1. The molecular formula is C13H26ClN3O. The fraction of sp³-hybridized carbons (Fsp3) is 0.923. The molecule has 2 aliphatic rings. The third-order valence-electron chi connectivity index (χ3n) is 4.07. The average Bonchev–Trinajstić information content (AvgIpc) is 2.86. The van der Waals surface area contributed by atoms with Crippen LogP contribution in [-0.2, 0) is 4.79 Å². The Hall–Kier alpha value is -0.320. The predicted molar refractivity (Wildman–Crippen MR) is 75.9 cm³/mol. The van der Waals surface area contributed by atoms with Crippen molar-refractivity contribution in [2.75, 3.05) is 39.3 Å². The summed E-state index contributed by atoms with van der Waals surface area (Å²) in [7, 11) is 0. The van der Waals surface area contributed by atoms with Gasteiger partial charge in [0.05, 0.1) is 0 Å². The normalized spacial score (nSPS) is 21.9. The first-order valence-electron chi connectivity index (χ1n) is 7.00. The van der Waals surface area contributed by atoms with E-state index in [1.165, 1.54) is 25.7 Å². The number of nitrogens with two attached hydrogens (primary N) is 1. The number of amides is 1. The number of nitrogens with zero attached hydrogens (tertiary/aromatic N) is 2. The zero-order chi connectivity index (χ0) is 12.1. The predicted octanol–water partition coefficient (Wildman–Crippen LogP) is 1.09. The molecule has 0 atom stereocenters. The molecule has 0 spiro atoms. The van der Waals surface area contributed by atoms with Crippen molar-refractivity contribution in [3.05, 3.63) is 0 Å². The highest BCUT2D eigenvalue weighted by atomic mass is 35.5. The molecule has 2 saturated heterocycles. The summed E-state index contributed by atoms with van der Waals surface area (Å²) in [5.74, 6) is 0.997. The topological polar surface area (TPSA) is 49.6 Å². The maximum absolute atomic E-state index is 12.0. The summed E-state index contributed by atoms with van der Waals surface area (Å²) in [6.07, 6.45) is 5.50. The van der Waals surface area contributed by atoms with E-state index < -0.39 is 0 Å². The Morgan fingerprint density at radius 1 is 1.11 bits per heavy atom. The van der Waals surface area contributed by atoms with E-state index in [0.29, 0.717) is 11.8 Å². The molecule has 2 heterocycles. The highest BCUT2D eigenvalue weighted by Crippen LogP contribution is 2.22. The molecular weight excluding hydrogens is 250 g/mol. The number of carbonyl (C=O) groups excluding carboxylic acids is 1. The van der Waals surface area contributed by atoms with Gasteiger partial charge in [-0.25, -0.2) is 0 Å². The Morgan fingerprint density at radius 2 is 1.72 bits per heavy atom. The fourth-order valence-corrected chi connectivity index (χ4v) is 2.94. The van der Waals surface area contributed by atoms with Crippen LogP contribution in [0.4, 0.5) is 0 Å². The van der Waals surface area contributed by atoms with Gasteiger partial charge in [0, 0.05) is 32.6 Å². The highest BCUT2D eigenvalue weighted by Gasteiger charge is 2.24. The lowest BCUT2D eigenvalue weighted by atomic mass is 9.93. The van der Waals surface area contributed by atoms with E-state index in [4.69, 9.17) is 5.73 Å². The van der Waals surface area contributed by atoms with Crippen molar-refractivity contribution in [1.82, 2.24) is 9.80 Å². The number of hydrogen-bond donors (Lipinski definition) is 1. The number of halogens is 1. The molecule has 2 rings (SSSR count). The number of likely N-dealkylation sites (tertiary alicyclic amines) is 2. The van der Waals surface area contributed by atoms with Gasteiger partial charge in [-0.2, -0.15) is 0 Å². The Bertz CT molecular complexity index is 249. The summed E-state index contributed by atoms with van der Waals surface area (Å²) in [5.41, 5.74) is 5.56. The number of rotatable bonds is 4. The summed E-state index contributed by atoms with van der Waals surface area (Å²) < 4.78 is 0. The molecule has 2 fully saturated rings. The van der Waals surface area contributed by atoms with Gasteiger partial charge in [-0.3, -0.25) is 4.79 Å². The molecule has 0 aromatic rings. The van der Waals surface area contributed by atoms with Crippen LogP contribution in [0.15, 0.2) is 0 Å². The minimum absolute atomic E-state index is 0. The molecule has 0 aromatic carbocycles. The second-order valence-corrected chi connectivity index (χ2v) is 5.37. The summed E-state index contributed by atoms with van der Waals surface area (Å²) >= 11 is 0. The minimum Gasteiger partial charge on any atom is -0.343 e. The summed E-state index contributed by atoms with van der Waals surface area (Å²) in [4.78, 5) is 16.5. The van der Waals surface area contributed by atoms with Crippen molar-refractivity contribution < 1.29 is 4.79 Å². The SMILES string of the molecule is Cl.NCCN1CCC(CC(=O)N2CCCC2)CC1. The molecule has 0 aromatic heterocycles. The maximum atomic E-state index is 12.0. The Kier molecular flexibility index (Phi) is 6.97. The van der Waals surface area contributed by atoms with Crippen LogP contribution >= 0.6 is 12.4 Å². The average molecular weight is 276 g/mol.